The Hall–Kier alpha value is -3.70. The van der Waals surface area contributed by atoms with Gasteiger partial charge in [0.1, 0.15) is 18.1 Å². The van der Waals surface area contributed by atoms with Crippen LogP contribution in [0.3, 0.4) is 0 Å². The zero-order chi connectivity index (χ0) is 23.9. The lowest BCUT2D eigenvalue weighted by Crippen LogP contribution is -2.38. The summed E-state index contributed by atoms with van der Waals surface area (Å²) in [6.45, 7) is 8.68. The van der Waals surface area contributed by atoms with Crippen LogP contribution in [0.2, 0.25) is 0 Å². The van der Waals surface area contributed by atoms with E-state index in [1.165, 1.54) is 6.20 Å². The molecule has 1 aromatic carbocycles. The molecule has 3 heterocycles. The normalized spacial score (nSPS) is 14.2. The van der Waals surface area contributed by atoms with Crippen molar-refractivity contribution in [3.8, 4) is 11.5 Å². The summed E-state index contributed by atoms with van der Waals surface area (Å²) in [5.41, 5.74) is 6.96. The van der Waals surface area contributed by atoms with E-state index in [0.717, 1.165) is 49.0 Å². The zero-order valence-corrected chi connectivity index (χ0v) is 19.3. The first-order valence-corrected chi connectivity index (χ1v) is 11.2. The van der Waals surface area contributed by atoms with Gasteiger partial charge in [-0.3, -0.25) is 14.7 Å². The third-order valence-corrected chi connectivity index (χ3v) is 5.05. The molecule has 1 aliphatic rings. The first-order valence-electron chi connectivity index (χ1n) is 11.2. The van der Waals surface area contributed by atoms with Crippen molar-refractivity contribution < 1.29 is 19.0 Å². The average molecular weight is 468 g/mol. The fraction of sp³-hybridized carbons (Fsp3) is 0.391. The van der Waals surface area contributed by atoms with Crippen LogP contribution >= 0.6 is 0 Å². The molecule has 11 nitrogen and oxygen atoms in total. The molecule has 0 amide bonds. The second-order valence-corrected chi connectivity index (χ2v) is 8.04. The molecular weight excluding hydrogens is 438 g/mol. The molecule has 11 heteroatoms. The predicted octanol–water partition coefficient (Wildman–Crippen LogP) is 2.19. The molecule has 1 fully saturated rings. The van der Waals surface area contributed by atoms with Crippen molar-refractivity contribution >= 4 is 23.5 Å². The molecular formula is C23H29N7O4. The van der Waals surface area contributed by atoms with Gasteiger partial charge in [0.25, 0.3) is 5.91 Å². The molecule has 0 atom stereocenters. The highest BCUT2D eigenvalue weighted by atomic mass is 16.5. The SMILES string of the molecule is CC(C)Oc1cncc(C(=O)n2nc(Nc3ccc(OCCN4CCOCC4)cc3)nc2N)c1. The van der Waals surface area contributed by atoms with Crippen LogP contribution in [0.25, 0.3) is 0 Å². The van der Waals surface area contributed by atoms with Gasteiger partial charge in [-0.2, -0.15) is 9.67 Å². The van der Waals surface area contributed by atoms with E-state index in [-0.39, 0.29) is 18.0 Å². The summed E-state index contributed by atoms with van der Waals surface area (Å²) in [4.78, 5) is 23.4. The minimum atomic E-state index is -0.455. The van der Waals surface area contributed by atoms with Crippen LogP contribution in [0.5, 0.6) is 11.5 Å². The highest BCUT2D eigenvalue weighted by Gasteiger charge is 2.17. The number of ether oxygens (including phenoxy) is 3. The maximum Gasteiger partial charge on any atom is 0.283 e. The Bertz CT molecular complexity index is 1090. The number of aromatic nitrogens is 4. The summed E-state index contributed by atoms with van der Waals surface area (Å²) in [5.74, 6) is 0.969. The van der Waals surface area contributed by atoms with Crippen molar-refractivity contribution in [3.05, 3.63) is 48.3 Å². The van der Waals surface area contributed by atoms with E-state index in [1.54, 1.807) is 12.3 Å². The summed E-state index contributed by atoms with van der Waals surface area (Å²) in [6.07, 6.45) is 2.94. The fourth-order valence-electron chi connectivity index (χ4n) is 3.40. The fourth-order valence-corrected chi connectivity index (χ4v) is 3.40. The van der Waals surface area contributed by atoms with Crippen LogP contribution in [0, 0.1) is 0 Å². The number of nitrogens with one attached hydrogen (secondary N) is 1. The summed E-state index contributed by atoms with van der Waals surface area (Å²) in [5, 5.41) is 7.25. The Kier molecular flexibility index (Phi) is 7.55. The van der Waals surface area contributed by atoms with Gasteiger partial charge >= 0.3 is 0 Å². The molecule has 3 aromatic rings. The van der Waals surface area contributed by atoms with Gasteiger partial charge in [0.05, 0.1) is 31.1 Å². The monoisotopic (exact) mass is 467 g/mol. The van der Waals surface area contributed by atoms with Crippen molar-refractivity contribution in [2.24, 2.45) is 0 Å². The summed E-state index contributed by atoms with van der Waals surface area (Å²) < 4.78 is 17.8. The van der Waals surface area contributed by atoms with Crippen molar-refractivity contribution in [3.63, 3.8) is 0 Å². The van der Waals surface area contributed by atoms with E-state index in [4.69, 9.17) is 19.9 Å². The van der Waals surface area contributed by atoms with E-state index >= 15 is 0 Å². The molecule has 0 aliphatic carbocycles. The van der Waals surface area contributed by atoms with Gasteiger partial charge in [-0.05, 0) is 44.2 Å². The van der Waals surface area contributed by atoms with Crippen molar-refractivity contribution in [1.29, 1.82) is 0 Å². The molecule has 1 saturated heterocycles. The van der Waals surface area contributed by atoms with Crippen LogP contribution in [0.15, 0.2) is 42.7 Å². The second kappa shape index (κ2) is 10.9. The number of benzene rings is 1. The average Bonchev–Trinajstić information content (AvgIpc) is 3.20. The predicted molar refractivity (Wildman–Crippen MR) is 127 cm³/mol. The molecule has 1 aliphatic heterocycles. The first-order chi connectivity index (χ1) is 16.5. The van der Waals surface area contributed by atoms with Gasteiger partial charge in [0, 0.05) is 31.5 Å². The molecule has 0 spiro atoms. The maximum absolute atomic E-state index is 12.9. The van der Waals surface area contributed by atoms with Crippen molar-refractivity contribution in [2.75, 3.05) is 50.5 Å². The number of morpholine rings is 1. The topological polar surface area (TPSA) is 130 Å². The van der Waals surface area contributed by atoms with Crippen LogP contribution in [-0.4, -0.2) is 76.1 Å². The van der Waals surface area contributed by atoms with Crippen LogP contribution < -0.4 is 20.5 Å². The summed E-state index contributed by atoms with van der Waals surface area (Å²) >= 11 is 0. The summed E-state index contributed by atoms with van der Waals surface area (Å²) in [6, 6.07) is 9.01. The molecule has 0 saturated carbocycles. The van der Waals surface area contributed by atoms with Gasteiger partial charge in [-0.15, -0.1) is 5.10 Å². The number of nitrogens with zero attached hydrogens (tertiary/aromatic N) is 5. The number of rotatable bonds is 9. The van der Waals surface area contributed by atoms with E-state index in [9.17, 15) is 4.79 Å². The minimum Gasteiger partial charge on any atom is -0.492 e. The molecule has 180 valence electrons. The molecule has 0 unspecified atom stereocenters. The largest absolute Gasteiger partial charge is 0.492 e. The number of nitrogen functional groups attached to an aromatic ring is 1. The number of nitrogens with two attached hydrogens (primary N) is 1. The minimum absolute atomic E-state index is 0.0363. The number of carbonyl (C=O) groups is 1. The van der Waals surface area contributed by atoms with Gasteiger partial charge in [0.2, 0.25) is 11.9 Å². The maximum atomic E-state index is 12.9. The smallest absolute Gasteiger partial charge is 0.283 e. The Labute approximate surface area is 197 Å². The van der Waals surface area contributed by atoms with Gasteiger partial charge in [-0.1, -0.05) is 0 Å². The van der Waals surface area contributed by atoms with Gasteiger partial charge in [0.15, 0.2) is 0 Å². The van der Waals surface area contributed by atoms with Crippen LogP contribution in [-0.2, 0) is 4.74 Å². The highest BCUT2D eigenvalue weighted by Crippen LogP contribution is 2.20. The molecule has 3 N–H and O–H groups in total. The summed E-state index contributed by atoms with van der Waals surface area (Å²) in [7, 11) is 0. The lowest BCUT2D eigenvalue weighted by molar-refractivity contribution is 0.0322. The molecule has 0 radical (unpaired) electrons. The standard InChI is InChI=1S/C23H29N7O4/c1-16(2)34-20-13-17(14-25-15-20)21(31)30-22(24)27-23(28-30)26-18-3-5-19(6-4-18)33-12-9-29-7-10-32-11-8-29/h3-6,13-16H,7-12H2,1-2H3,(H3,24,26,27,28). The number of anilines is 3. The van der Waals surface area contributed by atoms with Crippen molar-refractivity contribution in [2.45, 2.75) is 20.0 Å². The lowest BCUT2D eigenvalue weighted by atomic mass is 10.2. The molecule has 34 heavy (non-hydrogen) atoms. The third kappa shape index (κ3) is 6.21. The van der Waals surface area contributed by atoms with Crippen molar-refractivity contribution in [1.82, 2.24) is 24.6 Å². The zero-order valence-electron chi connectivity index (χ0n) is 19.3. The third-order valence-electron chi connectivity index (χ3n) is 5.05. The Morgan fingerprint density at radius 1 is 1.18 bits per heavy atom. The molecule has 0 bridgehead atoms. The lowest BCUT2D eigenvalue weighted by Gasteiger charge is -2.26. The Morgan fingerprint density at radius 3 is 2.68 bits per heavy atom. The Balaban J connectivity index is 1.34. The van der Waals surface area contributed by atoms with Gasteiger partial charge in [-0.25, -0.2) is 0 Å². The van der Waals surface area contributed by atoms with E-state index in [0.29, 0.717) is 17.9 Å². The number of hydrogen-bond acceptors (Lipinski definition) is 10. The highest BCUT2D eigenvalue weighted by molar-refractivity contribution is 5.96. The number of pyridine rings is 1. The van der Waals surface area contributed by atoms with E-state index in [2.05, 4.69) is 25.3 Å². The van der Waals surface area contributed by atoms with Crippen LogP contribution in [0.4, 0.5) is 17.6 Å². The Morgan fingerprint density at radius 2 is 1.94 bits per heavy atom. The van der Waals surface area contributed by atoms with Gasteiger partial charge < -0.3 is 25.3 Å². The first kappa shape index (κ1) is 23.5. The van der Waals surface area contributed by atoms with E-state index in [1.807, 2.05) is 38.1 Å². The molecule has 2 aromatic heterocycles. The number of hydrogen-bond donors (Lipinski definition) is 2. The van der Waals surface area contributed by atoms with Crippen LogP contribution in [0.1, 0.15) is 24.2 Å². The second-order valence-electron chi connectivity index (χ2n) is 8.04. The number of carbonyl (C=O) groups excluding carboxylic acids is 1. The quantitative estimate of drug-likeness (QED) is 0.483. The molecule has 4 rings (SSSR count). The van der Waals surface area contributed by atoms with E-state index < -0.39 is 5.91 Å².